The highest BCUT2D eigenvalue weighted by atomic mass is 16.3. The molecule has 0 saturated heterocycles. The van der Waals surface area contributed by atoms with Gasteiger partial charge in [-0.3, -0.25) is 19.2 Å². The summed E-state index contributed by atoms with van der Waals surface area (Å²) in [6.45, 7) is 1.75. The fourth-order valence-electron chi connectivity index (χ4n) is 1.62. The Morgan fingerprint density at radius 3 is 1.68 bits per heavy atom. The van der Waals surface area contributed by atoms with E-state index in [2.05, 4.69) is 4.98 Å². The van der Waals surface area contributed by atoms with Crippen LogP contribution < -0.4 is 0 Å². The average molecular weight is 299 g/mol. The highest BCUT2D eigenvalue weighted by molar-refractivity contribution is 5.88. The van der Waals surface area contributed by atoms with Crippen molar-refractivity contribution in [1.82, 2.24) is 4.98 Å². The maximum atomic E-state index is 10.4. The second kappa shape index (κ2) is 8.21. The number of nitrogens with zero attached hydrogens (tertiary/aromatic N) is 1. The van der Waals surface area contributed by atoms with Crippen LogP contribution in [0.3, 0.4) is 0 Å². The van der Waals surface area contributed by atoms with Gasteiger partial charge in [0.1, 0.15) is 17.1 Å². The van der Waals surface area contributed by atoms with Crippen molar-refractivity contribution in [3.05, 3.63) is 58.4 Å². The van der Waals surface area contributed by atoms with Crippen LogP contribution in [0, 0.1) is 6.92 Å². The summed E-state index contributed by atoms with van der Waals surface area (Å²) >= 11 is 0. The Hall–Kier alpha value is -3.15. The van der Waals surface area contributed by atoms with Gasteiger partial charge in [-0.25, -0.2) is 4.98 Å². The number of carbonyl (C=O) groups is 4. The van der Waals surface area contributed by atoms with Gasteiger partial charge in [0, 0.05) is 0 Å². The van der Waals surface area contributed by atoms with Crippen LogP contribution in [-0.4, -0.2) is 35.2 Å². The Morgan fingerprint density at radius 2 is 1.32 bits per heavy atom. The minimum atomic E-state index is -0.245. The SMILES string of the molecule is Cc1cc(C=O)c(O)c(C=O)c1.O=Cc1cccc(C=O)n1. The van der Waals surface area contributed by atoms with Gasteiger partial charge in [-0.2, -0.15) is 0 Å². The number of phenolic OH excluding ortho intramolecular Hbond substituents is 1. The summed E-state index contributed by atoms with van der Waals surface area (Å²) < 4.78 is 0. The first-order valence-corrected chi connectivity index (χ1v) is 6.17. The van der Waals surface area contributed by atoms with Gasteiger partial charge in [0.2, 0.25) is 0 Å². The lowest BCUT2D eigenvalue weighted by Gasteiger charge is -2.01. The number of aromatic hydroxyl groups is 1. The van der Waals surface area contributed by atoms with Crippen molar-refractivity contribution in [3.63, 3.8) is 0 Å². The zero-order valence-electron chi connectivity index (χ0n) is 11.7. The van der Waals surface area contributed by atoms with Gasteiger partial charge in [0.05, 0.1) is 11.1 Å². The van der Waals surface area contributed by atoms with Gasteiger partial charge in [-0.1, -0.05) is 6.07 Å². The van der Waals surface area contributed by atoms with Gasteiger partial charge in [-0.05, 0) is 36.8 Å². The molecule has 6 nitrogen and oxygen atoms in total. The molecule has 22 heavy (non-hydrogen) atoms. The summed E-state index contributed by atoms with van der Waals surface area (Å²) in [7, 11) is 0. The van der Waals surface area contributed by atoms with E-state index in [9.17, 15) is 24.3 Å². The van der Waals surface area contributed by atoms with Crippen molar-refractivity contribution in [2.45, 2.75) is 6.92 Å². The molecule has 2 rings (SSSR count). The summed E-state index contributed by atoms with van der Waals surface area (Å²) in [5.74, 6) is -0.245. The van der Waals surface area contributed by atoms with E-state index in [0.29, 0.717) is 25.1 Å². The number of aryl methyl sites for hydroxylation is 1. The van der Waals surface area contributed by atoms with Crippen LogP contribution in [0.5, 0.6) is 5.75 Å². The van der Waals surface area contributed by atoms with Crippen LogP contribution in [0.1, 0.15) is 47.3 Å². The zero-order chi connectivity index (χ0) is 16.5. The van der Waals surface area contributed by atoms with Gasteiger partial charge in [-0.15, -0.1) is 0 Å². The summed E-state index contributed by atoms with van der Waals surface area (Å²) in [4.78, 5) is 44.6. The van der Waals surface area contributed by atoms with Gasteiger partial charge >= 0.3 is 0 Å². The van der Waals surface area contributed by atoms with Crippen LogP contribution in [0.2, 0.25) is 0 Å². The van der Waals surface area contributed by atoms with E-state index in [4.69, 9.17) is 0 Å². The number of hydrogen-bond donors (Lipinski definition) is 1. The molecule has 0 unspecified atom stereocenters. The fourth-order valence-corrected chi connectivity index (χ4v) is 1.62. The summed E-state index contributed by atoms with van der Waals surface area (Å²) in [6.07, 6.45) is 2.25. The highest BCUT2D eigenvalue weighted by Gasteiger charge is 2.06. The standard InChI is InChI=1S/C9H8O3.C7H5NO2/c1-6-2-7(4-10)9(12)8(3-6)5-11;9-4-6-2-1-3-7(5-10)8-6/h2-5,12H,1H3;1-5H. The Labute approximate surface area is 126 Å². The van der Waals surface area contributed by atoms with Crippen LogP contribution in [0.25, 0.3) is 0 Å². The second-order valence-electron chi connectivity index (χ2n) is 4.25. The molecule has 112 valence electrons. The average Bonchev–Trinajstić information content (AvgIpc) is 2.57. The molecule has 0 spiro atoms. The number of benzene rings is 1. The van der Waals surface area contributed by atoms with E-state index < -0.39 is 0 Å². The molecule has 0 saturated carbocycles. The number of rotatable bonds is 4. The number of hydrogen-bond acceptors (Lipinski definition) is 6. The second-order valence-corrected chi connectivity index (χ2v) is 4.25. The number of pyridine rings is 1. The van der Waals surface area contributed by atoms with E-state index in [-0.39, 0.29) is 28.3 Å². The third-order valence-electron chi connectivity index (χ3n) is 2.60. The van der Waals surface area contributed by atoms with Gasteiger partial charge in [0.15, 0.2) is 25.1 Å². The predicted molar refractivity (Wildman–Crippen MR) is 78.6 cm³/mol. The minimum absolute atomic E-state index is 0.150. The molecule has 1 N–H and O–H groups in total. The molecule has 1 aromatic carbocycles. The van der Waals surface area contributed by atoms with Crippen molar-refractivity contribution in [2.75, 3.05) is 0 Å². The number of aldehydes is 4. The first kappa shape index (κ1) is 16.9. The fraction of sp³-hybridized carbons (Fsp3) is 0.0625. The summed E-state index contributed by atoms with van der Waals surface area (Å²) in [5, 5.41) is 9.25. The molecule has 0 aliphatic carbocycles. The molecule has 0 radical (unpaired) electrons. The molecule has 0 aliphatic heterocycles. The summed E-state index contributed by atoms with van der Waals surface area (Å²) in [5.41, 5.74) is 1.64. The molecule has 0 fully saturated rings. The zero-order valence-corrected chi connectivity index (χ0v) is 11.7. The molecule has 1 aromatic heterocycles. The van der Waals surface area contributed by atoms with Crippen LogP contribution in [0.4, 0.5) is 0 Å². The monoisotopic (exact) mass is 299 g/mol. The number of phenols is 1. The van der Waals surface area contributed by atoms with Crippen molar-refractivity contribution < 1.29 is 24.3 Å². The Kier molecular flexibility index (Phi) is 6.31. The number of aromatic nitrogens is 1. The molecule has 2 aromatic rings. The van der Waals surface area contributed by atoms with Crippen LogP contribution in [0.15, 0.2) is 30.3 Å². The van der Waals surface area contributed by atoms with E-state index in [0.717, 1.165) is 5.56 Å². The Bertz CT molecular complexity index is 657. The van der Waals surface area contributed by atoms with Crippen molar-refractivity contribution in [3.8, 4) is 5.75 Å². The van der Waals surface area contributed by atoms with E-state index in [1.165, 1.54) is 12.1 Å². The first-order chi connectivity index (χ1) is 10.5. The number of carbonyl (C=O) groups excluding carboxylic acids is 4. The quantitative estimate of drug-likeness (QED) is 0.867. The predicted octanol–water partition coefficient (Wildman–Crippen LogP) is 2.03. The highest BCUT2D eigenvalue weighted by Crippen LogP contribution is 2.21. The van der Waals surface area contributed by atoms with Crippen LogP contribution in [-0.2, 0) is 0 Å². The maximum absolute atomic E-state index is 10.4. The molecule has 1 heterocycles. The van der Waals surface area contributed by atoms with E-state index in [1.807, 2.05) is 0 Å². The normalized spacial score (nSPS) is 9.14. The lowest BCUT2D eigenvalue weighted by molar-refractivity contribution is 0.110. The third kappa shape index (κ3) is 4.45. The minimum Gasteiger partial charge on any atom is -0.506 e. The summed E-state index contributed by atoms with van der Waals surface area (Å²) in [6, 6.07) is 7.74. The molecular weight excluding hydrogens is 286 g/mol. The molecule has 6 heteroatoms. The largest absolute Gasteiger partial charge is 0.506 e. The molecule has 0 atom stereocenters. The van der Waals surface area contributed by atoms with Crippen molar-refractivity contribution in [1.29, 1.82) is 0 Å². The lowest BCUT2D eigenvalue weighted by Crippen LogP contribution is -1.90. The van der Waals surface area contributed by atoms with Crippen molar-refractivity contribution in [2.24, 2.45) is 0 Å². The topological polar surface area (TPSA) is 101 Å². The van der Waals surface area contributed by atoms with Gasteiger partial charge in [0.25, 0.3) is 0 Å². The van der Waals surface area contributed by atoms with Crippen LogP contribution >= 0.6 is 0 Å². The van der Waals surface area contributed by atoms with E-state index in [1.54, 1.807) is 25.1 Å². The lowest BCUT2D eigenvalue weighted by atomic mass is 10.1. The Morgan fingerprint density at radius 1 is 0.864 bits per heavy atom. The molecule has 0 bridgehead atoms. The smallest absolute Gasteiger partial charge is 0.168 e. The van der Waals surface area contributed by atoms with E-state index >= 15 is 0 Å². The maximum Gasteiger partial charge on any atom is 0.168 e. The Balaban J connectivity index is 0.000000224. The molecule has 0 amide bonds. The molecule has 0 aliphatic rings. The third-order valence-corrected chi connectivity index (χ3v) is 2.60. The van der Waals surface area contributed by atoms with Gasteiger partial charge < -0.3 is 5.11 Å². The van der Waals surface area contributed by atoms with Crippen molar-refractivity contribution >= 4 is 25.1 Å². The molecular formula is C16H13NO5. The first-order valence-electron chi connectivity index (χ1n) is 6.17.